The summed E-state index contributed by atoms with van der Waals surface area (Å²) in [5.41, 5.74) is 3.33. The molecule has 1 N–H and O–H groups in total. The normalized spacial score (nSPS) is 10.6. The minimum atomic E-state index is -0.225. The van der Waals surface area contributed by atoms with Gasteiger partial charge in [0.05, 0.1) is 0 Å². The standard InChI is InChI=1S/C17H13FN2S/c1-11-9-13(7-8-14(11)18)17-19-15(10-16(21)20-17)12-5-3-2-4-6-12/h2-10H,1H3,(H,19,20,21). The van der Waals surface area contributed by atoms with Gasteiger partial charge < -0.3 is 4.98 Å². The second kappa shape index (κ2) is 5.58. The van der Waals surface area contributed by atoms with E-state index in [4.69, 9.17) is 12.2 Å². The summed E-state index contributed by atoms with van der Waals surface area (Å²) in [5, 5.41) is 0. The molecular formula is C17H13FN2S. The van der Waals surface area contributed by atoms with Crippen molar-refractivity contribution in [3.63, 3.8) is 0 Å². The maximum atomic E-state index is 13.4. The third-order valence-electron chi connectivity index (χ3n) is 3.26. The van der Waals surface area contributed by atoms with Gasteiger partial charge in [0.15, 0.2) is 0 Å². The van der Waals surface area contributed by atoms with Crippen LogP contribution in [0.2, 0.25) is 0 Å². The van der Waals surface area contributed by atoms with Crippen molar-refractivity contribution in [2.24, 2.45) is 0 Å². The fourth-order valence-corrected chi connectivity index (χ4v) is 2.37. The number of benzene rings is 2. The molecule has 0 amide bonds. The van der Waals surface area contributed by atoms with Crippen molar-refractivity contribution in [1.82, 2.24) is 9.97 Å². The van der Waals surface area contributed by atoms with Gasteiger partial charge >= 0.3 is 0 Å². The molecule has 2 aromatic carbocycles. The van der Waals surface area contributed by atoms with E-state index in [-0.39, 0.29) is 5.82 Å². The Labute approximate surface area is 127 Å². The van der Waals surface area contributed by atoms with Crippen molar-refractivity contribution in [2.75, 3.05) is 0 Å². The largest absolute Gasteiger partial charge is 0.339 e. The highest BCUT2D eigenvalue weighted by atomic mass is 32.1. The van der Waals surface area contributed by atoms with E-state index in [9.17, 15) is 4.39 Å². The highest BCUT2D eigenvalue weighted by Gasteiger charge is 2.06. The molecule has 2 nitrogen and oxygen atoms in total. The van der Waals surface area contributed by atoms with Crippen LogP contribution in [0, 0.1) is 17.4 Å². The van der Waals surface area contributed by atoms with E-state index in [0.717, 1.165) is 16.8 Å². The van der Waals surface area contributed by atoms with Crippen molar-refractivity contribution in [3.05, 3.63) is 70.6 Å². The number of aryl methyl sites for hydroxylation is 1. The Balaban J connectivity index is 2.14. The first-order chi connectivity index (χ1) is 10.1. The fourth-order valence-electron chi connectivity index (χ4n) is 2.16. The van der Waals surface area contributed by atoms with E-state index in [0.29, 0.717) is 16.0 Å². The third-order valence-corrected chi connectivity index (χ3v) is 3.47. The summed E-state index contributed by atoms with van der Waals surface area (Å²) in [6, 6.07) is 16.6. The Morgan fingerprint density at radius 1 is 1.00 bits per heavy atom. The molecule has 21 heavy (non-hydrogen) atoms. The first-order valence-corrected chi connectivity index (χ1v) is 6.97. The number of H-pyrrole nitrogens is 1. The lowest BCUT2D eigenvalue weighted by Gasteiger charge is -2.07. The number of nitrogens with zero attached hydrogens (tertiary/aromatic N) is 1. The van der Waals surface area contributed by atoms with Gasteiger partial charge in [-0.1, -0.05) is 42.5 Å². The summed E-state index contributed by atoms with van der Waals surface area (Å²) in [7, 11) is 0. The molecule has 0 spiro atoms. The van der Waals surface area contributed by atoms with Crippen LogP contribution in [0.15, 0.2) is 54.6 Å². The second-order valence-electron chi connectivity index (χ2n) is 4.81. The maximum absolute atomic E-state index is 13.4. The minimum absolute atomic E-state index is 0.225. The average Bonchev–Trinajstić information content (AvgIpc) is 2.50. The summed E-state index contributed by atoms with van der Waals surface area (Å²) in [5.74, 6) is 0.418. The molecule has 0 aliphatic carbocycles. The maximum Gasteiger partial charge on any atom is 0.139 e. The van der Waals surface area contributed by atoms with Crippen LogP contribution in [-0.4, -0.2) is 9.97 Å². The summed E-state index contributed by atoms with van der Waals surface area (Å²) in [6.45, 7) is 1.73. The molecule has 3 rings (SSSR count). The molecule has 0 aliphatic rings. The molecule has 0 bridgehead atoms. The second-order valence-corrected chi connectivity index (χ2v) is 5.23. The van der Waals surface area contributed by atoms with Crippen LogP contribution in [0.4, 0.5) is 4.39 Å². The van der Waals surface area contributed by atoms with E-state index in [1.54, 1.807) is 19.1 Å². The van der Waals surface area contributed by atoms with Gasteiger partial charge in [0, 0.05) is 11.3 Å². The average molecular weight is 296 g/mol. The molecule has 0 saturated carbocycles. The highest BCUT2D eigenvalue weighted by Crippen LogP contribution is 2.22. The zero-order valence-electron chi connectivity index (χ0n) is 11.4. The van der Waals surface area contributed by atoms with E-state index >= 15 is 0 Å². The quantitative estimate of drug-likeness (QED) is 0.680. The molecule has 0 unspecified atom stereocenters. The number of nitrogens with one attached hydrogen (secondary N) is 1. The molecule has 0 aliphatic heterocycles. The van der Waals surface area contributed by atoms with Crippen LogP contribution in [0.1, 0.15) is 5.56 Å². The van der Waals surface area contributed by atoms with Crippen LogP contribution in [-0.2, 0) is 0 Å². The van der Waals surface area contributed by atoms with Crippen molar-refractivity contribution in [2.45, 2.75) is 6.92 Å². The number of hydrogen-bond acceptors (Lipinski definition) is 2. The summed E-state index contributed by atoms with van der Waals surface area (Å²) < 4.78 is 13.9. The summed E-state index contributed by atoms with van der Waals surface area (Å²) in [4.78, 5) is 7.60. The van der Waals surface area contributed by atoms with Crippen LogP contribution in [0.3, 0.4) is 0 Å². The van der Waals surface area contributed by atoms with Crippen molar-refractivity contribution >= 4 is 12.2 Å². The van der Waals surface area contributed by atoms with Crippen molar-refractivity contribution in [3.8, 4) is 22.6 Å². The van der Waals surface area contributed by atoms with Gasteiger partial charge in [-0.15, -0.1) is 0 Å². The third kappa shape index (κ3) is 2.90. The molecule has 0 fully saturated rings. The zero-order valence-corrected chi connectivity index (χ0v) is 12.2. The van der Waals surface area contributed by atoms with Gasteiger partial charge in [-0.3, -0.25) is 0 Å². The monoisotopic (exact) mass is 296 g/mol. The van der Waals surface area contributed by atoms with Crippen LogP contribution >= 0.6 is 12.2 Å². The molecule has 4 heteroatoms. The first-order valence-electron chi connectivity index (χ1n) is 6.57. The van der Waals surface area contributed by atoms with Crippen LogP contribution < -0.4 is 0 Å². The van der Waals surface area contributed by atoms with E-state index in [2.05, 4.69) is 9.97 Å². The summed E-state index contributed by atoms with van der Waals surface area (Å²) in [6.07, 6.45) is 0. The summed E-state index contributed by atoms with van der Waals surface area (Å²) >= 11 is 5.24. The molecule has 1 aromatic heterocycles. The lowest BCUT2D eigenvalue weighted by Crippen LogP contribution is -1.94. The SMILES string of the molecule is Cc1cc(-c2nc(=S)cc(-c3ccccc3)[nH]2)ccc1F. The van der Waals surface area contributed by atoms with Crippen molar-refractivity contribution in [1.29, 1.82) is 0 Å². The number of hydrogen-bond donors (Lipinski definition) is 1. The Kier molecular flexibility index (Phi) is 3.62. The number of aromatic amines is 1. The topological polar surface area (TPSA) is 28.7 Å². The predicted molar refractivity (Wildman–Crippen MR) is 85.0 cm³/mol. The molecule has 3 aromatic rings. The first kappa shape index (κ1) is 13.6. The van der Waals surface area contributed by atoms with E-state index in [1.165, 1.54) is 6.07 Å². The van der Waals surface area contributed by atoms with Crippen molar-refractivity contribution < 1.29 is 4.39 Å². The van der Waals surface area contributed by atoms with Crippen LogP contribution in [0.25, 0.3) is 22.6 Å². The molecule has 104 valence electrons. The minimum Gasteiger partial charge on any atom is -0.339 e. The Morgan fingerprint density at radius 2 is 1.76 bits per heavy atom. The smallest absolute Gasteiger partial charge is 0.139 e. The Bertz CT molecular complexity index is 841. The number of rotatable bonds is 2. The molecular weight excluding hydrogens is 283 g/mol. The fraction of sp³-hybridized carbons (Fsp3) is 0.0588. The Hall–Kier alpha value is -2.33. The van der Waals surface area contributed by atoms with Gasteiger partial charge in [0.2, 0.25) is 0 Å². The number of aromatic nitrogens is 2. The lowest BCUT2D eigenvalue weighted by atomic mass is 10.1. The molecule has 0 saturated heterocycles. The lowest BCUT2D eigenvalue weighted by molar-refractivity contribution is 0.618. The molecule has 0 atom stereocenters. The van der Waals surface area contributed by atoms with Crippen LogP contribution in [0.5, 0.6) is 0 Å². The van der Waals surface area contributed by atoms with Gasteiger partial charge in [-0.05, 0) is 42.3 Å². The zero-order chi connectivity index (χ0) is 14.8. The number of halogens is 1. The Morgan fingerprint density at radius 3 is 2.48 bits per heavy atom. The van der Waals surface area contributed by atoms with E-state index < -0.39 is 0 Å². The van der Waals surface area contributed by atoms with Gasteiger partial charge in [0.1, 0.15) is 16.3 Å². The van der Waals surface area contributed by atoms with Gasteiger partial charge in [0.25, 0.3) is 0 Å². The highest BCUT2D eigenvalue weighted by molar-refractivity contribution is 7.71. The van der Waals surface area contributed by atoms with Gasteiger partial charge in [-0.25, -0.2) is 9.37 Å². The molecule has 0 radical (unpaired) electrons. The van der Waals surface area contributed by atoms with E-state index in [1.807, 2.05) is 36.4 Å². The van der Waals surface area contributed by atoms with Gasteiger partial charge in [-0.2, -0.15) is 0 Å². The predicted octanol–water partition coefficient (Wildman–Crippen LogP) is 4.92. The molecule has 1 heterocycles.